The first-order chi connectivity index (χ1) is 13.8. The molecule has 0 saturated carbocycles. The van der Waals surface area contributed by atoms with E-state index in [4.69, 9.17) is 4.74 Å². The number of methoxy groups -OCH3 is 1. The number of carbonyl (C=O) groups excluding carboxylic acids is 3. The Morgan fingerprint density at radius 3 is 2.48 bits per heavy atom. The molecule has 4 amide bonds. The minimum atomic E-state index is -0.458. The highest BCUT2D eigenvalue weighted by molar-refractivity contribution is 5.92. The SMILES string of the molecule is CCCCN(CC)C(=O)CN1C[C@@H]2CN(CCOC)C(=O)[C@H](CC(C)C)N2C1=O. The zero-order chi connectivity index (χ0) is 21.6. The van der Waals surface area contributed by atoms with E-state index in [1.165, 1.54) is 0 Å². The maximum absolute atomic E-state index is 13.1. The van der Waals surface area contributed by atoms with Gasteiger partial charge in [-0.2, -0.15) is 0 Å². The molecule has 2 heterocycles. The van der Waals surface area contributed by atoms with E-state index in [1.807, 2.05) is 16.7 Å². The number of likely N-dealkylation sites (N-methyl/N-ethyl adjacent to an activating group) is 1. The number of carbonyl (C=O) groups is 3. The summed E-state index contributed by atoms with van der Waals surface area (Å²) in [5.41, 5.74) is 0. The van der Waals surface area contributed by atoms with Gasteiger partial charge in [0.15, 0.2) is 0 Å². The minimum absolute atomic E-state index is 0.00772. The molecule has 0 N–H and O–H groups in total. The van der Waals surface area contributed by atoms with Gasteiger partial charge in [-0.3, -0.25) is 9.59 Å². The van der Waals surface area contributed by atoms with Crippen LogP contribution in [0.5, 0.6) is 0 Å². The van der Waals surface area contributed by atoms with Crippen molar-refractivity contribution < 1.29 is 19.1 Å². The minimum Gasteiger partial charge on any atom is -0.383 e. The van der Waals surface area contributed by atoms with Crippen molar-refractivity contribution in [1.82, 2.24) is 19.6 Å². The monoisotopic (exact) mass is 410 g/mol. The molecule has 2 atom stereocenters. The van der Waals surface area contributed by atoms with Crippen LogP contribution in [-0.4, -0.2) is 103 Å². The number of urea groups is 1. The second kappa shape index (κ2) is 10.8. The van der Waals surface area contributed by atoms with Gasteiger partial charge in [-0.15, -0.1) is 0 Å². The smallest absolute Gasteiger partial charge is 0.321 e. The molecule has 0 radical (unpaired) electrons. The van der Waals surface area contributed by atoms with Crippen molar-refractivity contribution in [3.8, 4) is 0 Å². The lowest BCUT2D eigenvalue weighted by atomic mass is 9.97. The van der Waals surface area contributed by atoms with E-state index in [9.17, 15) is 14.4 Å². The van der Waals surface area contributed by atoms with Gasteiger partial charge in [-0.05, 0) is 25.7 Å². The Kier molecular flexibility index (Phi) is 8.74. The fraction of sp³-hybridized carbons (Fsp3) is 0.857. The first kappa shape index (κ1) is 23.4. The number of hydrogen-bond donors (Lipinski definition) is 0. The van der Waals surface area contributed by atoms with E-state index >= 15 is 0 Å². The van der Waals surface area contributed by atoms with E-state index in [2.05, 4.69) is 20.8 Å². The standard InChI is InChI=1S/C21H38N4O4/c1-6-8-9-22(7-2)19(26)15-24-14-17-13-23(10-11-29-5)20(27)18(12-16(3)4)25(17)21(24)28/h16-18H,6-15H2,1-5H3/t17-,18-/m0/s1. The lowest BCUT2D eigenvalue weighted by Gasteiger charge is -2.42. The van der Waals surface area contributed by atoms with Gasteiger partial charge in [0.1, 0.15) is 12.6 Å². The van der Waals surface area contributed by atoms with Crippen LogP contribution >= 0.6 is 0 Å². The summed E-state index contributed by atoms with van der Waals surface area (Å²) >= 11 is 0. The van der Waals surface area contributed by atoms with Crippen molar-refractivity contribution in [2.75, 3.05) is 53.0 Å². The van der Waals surface area contributed by atoms with Crippen molar-refractivity contribution >= 4 is 17.8 Å². The molecule has 0 aromatic rings. The second-order valence-electron chi connectivity index (χ2n) is 8.47. The van der Waals surface area contributed by atoms with Crippen LogP contribution in [0.4, 0.5) is 4.79 Å². The highest BCUT2D eigenvalue weighted by Gasteiger charge is 2.49. The summed E-state index contributed by atoms with van der Waals surface area (Å²) < 4.78 is 5.15. The zero-order valence-corrected chi connectivity index (χ0v) is 18.7. The summed E-state index contributed by atoms with van der Waals surface area (Å²) in [6, 6.07) is -0.708. The van der Waals surface area contributed by atoms with Gasteiger partial charge >= 0.3 is 6.03 Å². The first-order valence-electron chi connectivity index (χ1n) is 11.0. The van der Waals surface area contributed by atoms with Gasteiger partial charge < -0.3 is 24.3 Å². The molecule has 29 heavy (non-hydrogen) atoms. The quantitative estimate of drug-likeness (QED) is 0.519. The third-order valence-corrected chi connectivity index (χ3v) is 5.78. The molecule has 2 fully saturated rings. The van der Waals surface area contributed by atoms with Gasteiger partial charge in [0.05, 0.1) is 12.6 Å². The van der Waals surface area contributed by atoms with Gasteiger partial charge in [0.25, 0.3) is 0 Å². The number of fused-ring (bicyclic) bond motifs is 1. The van der Waals surface area contributed by atoms with Crippen molar-refractivity contribution in [2.45, 2.75) is 59.0 Å². The van der Waals surface area contributed by atoms with E-state index in [-0.39, 0.29) is 30.4 Å². The summed E-state index contributed by atoms with van der Waals surface area (Å²) in [4.78, 5) is 45.9. The van der Waals surface area contributed by atoms with Crippen molar-refractivity contribution in [3.05, 3.63) is 0 Å². The Morgan fingerprint density at radius 1 is 1.21 bits per heavy atom. The largest absolute Gasteiger partial charge is 0.383 e. The molecule has 2 aliphatic rings. The molecule has 166 valence electrons. The number of ether oxygens (including phenoxy) is 1. The lowest BCUT2D eigenvalue weighted by molar-refractivity contribution is -0.143. The van der Waals surface area contributed by atoms with Gasteiger partial charge in [0, 0.05) is 39.8 Å². The van der Waals surface area contributed by atoms with Crippen LogP contribution in [0.15, 0.2) is 0 Å². The zero-order valence-electron chi connectivity index (χ0n) is 18.7. The predicted molar refractivity (Wildman–Crippen MR) is 111 cm³/mol. The van der Waals surface area contributed by atoms with Gasteiger partial charge in [-0.1, -0.05) is 27.2 Å². The van der Waals surface area contributed by atoms with Gasteiger partial charge in [0.2, 0.25) is 11.8 Å². The van der Waals surface area contributed by atoms with E-state index in [0.29, 0.717) is 45.1 Å². The summed E-state index contributed by atoms with van der Waals surface area (Å²) in [6.45, 7) is 11.6. The highest BCUT2D eigenvalue weighted by Crippen LogP contribution is 2.29. The molecule has 0 spiro atoms. The average Bonchev–Trinajstić information content (AvgIpc) is 2.98. The Balaban J connectivity index is 2.12. The molecule has 0 aromatic carbocycles. The first-order valence-corrected chi connectivity index (χ1v) is 11.0. The Hall–Kier alpha value is -1.83. The summed E-state index contributed by atoms with van der Waals surface area (Å²) in [7, 11) is 1.62. The molecule has 8 nitrogen and oxygen atoms in total. The molecule has 0 aromatic heterocycles. The molecular weight excluding hydrogens is 372 g/mol. The molecule has 2 rings (SSSR count). The topological polar surface area (TPSA) is 73.4 Å². The maximum Gasteiger partial charge on any atom is 0.321 e. The molecule has 0 unspecified atom stereocenters. The van der Waals surface area contributed by atoms with Crippen LogP contribution in [0.1, 0.15) is 47.0 Å². The number of unbranched alkanes of at least 4 members (excludes halogenated alkanes) is 1. The van der Waals surface area contributed by atoms with E-state index in [0.717, 1.165) is 19.4 Å². The van der Waals surface area contributed by atoms with Crippen molar-refractivity contribution in [3.63, 3.8) is 0 Å². The number of nitrogens with zero attached hydrogens (tertiary/aromatic N) is 4. The third kappa shape index (κ3) is 5.62. The summed E-state index contributed by atoms with van der Waals surface area (Å²) in [5.74, 6) is 0.267. The fourth-order valence-corrected chi connectivity index (χ4v) is 4.21. The predicted octanol–water partition coefficient (Wildman–Crippen LogP) is 1.64. The highest BCUT2D eigenvalue weighted by atomic mass is 16.5. The number of rotatable bonds is 11. The van der Waals surface area contributed by atoms with Crippen LogP contribution in [0.3, 0.4) is 0 Å². The van der Waals surface area contributed by atoms with Crippen molar-refractivity contribution in [1.29, 1.82) is 0 Å². The molecular formula is C21H38N4O4. The maximum atomic E-state index is 13.1. The molecule has 0 bridgehead atoms. The summed E-state index contributed by atoms with van der Waals surface area (Å²) in [6.07, 6.45) is 2.62. The normalized spacial score (nSPS) is 21.9. The molecule has 2 saturated heterocycles. The van der Waals surface area contributed by atoms with Crippen LogP contribution in [-0.2, 0) is 14.3 Å². The molecule has 8 heteroatoms. The van der Waals surface area contributed by atoms with E-state index < -0.39 is 6.04 Å². The Bertz CT molecular complexity index is 583. The lowest BCUT2D eigenvalue weighted by Crippen LogP contribution is -2.61. The number of piperazine rings is 1. The van der Waals surface area contributed by atoms with Gasteiger partial charge in [-0.25, -0.2) is 4.79 Å². The third-order valence-electron chi connectivity index (χ3n) is 5.78. The van der Waals surface area contributed by atoms with Crippen LogP contribution in [0.25, 0.3) is 0 Å². The van der Waals surface area contributed by atoms with Crippen LogP contribution in [0, 0.1) is 5.92 Å². The fourth-order valence-electron chi connectivity index (χ4n) is 4.21. The Labute approximate surface area is 175 Å². The van der Waals surface area contributed by atoms with E-state index in [1.54, 1.807) is 16.9 Å². The van der Waals surface area contributed by atoms with Crippen molar-refractivity contribution in [2.24, 2.45) is 5.92 Å². The second-order valence-corrected chi connectivity index (χ2v) is 8.47. The average molecular weight is 411 g/mol. The van der Waals surface area contributed by atoms with Crippen LogP contribution < -0.4 is 0 Å². The van der Waals surface area contributed by atoms with Crippen LogP contribution in [0.2, 0.25) is 0 Å². The molecule has 2 aliphatic heterocycles. The number of hydrogen-bond acceptors (Lipinski definition) is 4. The Morgan fingerprint density at radius 2 is 1.90 bits per heavy atom. The number of amides is 4. The molecule has 0 aliphatic carbocycles. The summed E-state index contributed by atoms with van der Waals surface area (Å²) in [5, 5.41) is 0.